The van der Waals surface area contributed by atoms with Crippen LogP contribution in [-0.4, -0.2) is 23.1 Å². The summed E-state index contributed by atoms with van der Waals surface area (Å²) in [7, 11) is 1.88. The topological polar surface area (TPSA) is 55.6 Å². The molecule has 5 heteroatoms. The predicted octanol–water partition coefficient (Wildman–Crippen LogP) is 2.29. The molecular formula is C11H14N2O3. The second-order valence-electron chi connectivity index (χ2n) is 4.08. The van der Waals surface area contributed by atoms with Crippen LogP contribution in [0, 0.1) is 10.1 Å². The minimum atomic E-state index is -0.383. The zero-order valence-corrected chi connectivity index (χ0v) is 9.29. The molecule has 5 nitrogen and oxygen atoms in total. The molecule has 0 bridgehead atoms. The highest BCUT2D eigenvalue weighted by atomic mass is 16.7. The van der Waals surface area contributed by atoms with Gasteiger partial charge in [-0.3, -0.25) is 15.0 Å². The number of rotatable bonds is 2. The molecule has 0 unspecified atom stereocenters. The van der Waals surface area contributed by atoms with E-state index in [0.717, 1.165) is 12.0 Å². The fourth-order valence-corrected chi connectivity index (χ4v) is 1.84. The molecule has 1 fully saturated rings. The van der Waals surface area contributed by atoms with Gasteiger partial charge in [-0.05, 0) is 18.9 Å². The van der Waals surface area contributed by atoms with E-state index in [1.807, 2.05) is 13.1 Å². The molecule has 1 saturated heterocycles. The van der Waals surface area contributed by atoms with Gasteiger partial charge in [0, 0.05) is 25.2 Å². The SMILES string of the molecule is C[C@@H]1C[C@@H](c2cccc([N+](=O)[O-])c2)ON1C. The number of nitro benzene ring substituents is 1. The fraction of sp³-hybridized carbons (Fsp3) is 0.455. The van der Waals surface area contributed by atoms with Gasteiger partial charge in [-0.1, -0.05) is 12.1 Å². The van der Waals surface area contributed by atoms with E-state index in [0.29, 0.717) is 6.04 Å². The number of benzene rings is 1. The molecule has 0 radical (unpaired) electrons. The van der Waals surface area contributed by atoms with Crippen LogP contribution in [0.1, 0.15) is 25.0 Å². The lowest BCUT2D eigenvalue weighted by atomic mass is 10.0. The normalized spacial score (nSPS) is 25.9. The Hall–Kier alpha value is -1.46. The van der Waals surface area contributed by atoms with E-state index < -0.39 is 0 Å². The lowest BCUT2D eigenvalue weighted by molar-refractivity contribution is -0.385. The second kappa shape index (κ2) is 4.19. The van der Waals surface area contributed by atoms with Crippen molar-refractivity contribution in [2.45, 2.75) is 25.5 Å². The maximum Gasteiger partial charge on any atom is 0.269 e. The average molecular weight is 222 g/mol. The third-order valence-electron chi connectivity index (χ3n) is 2.92. The Bertz CT molecular complexity index is 398. The van der Waals surface area contributed by atoms with Gasteiger partial charge in [-0.2, -0.15) is 5.06 Å². The van der Waals surface area contributed by atoms with Crippen molar-refractivity contribution in [3.8, 4) is 0 Å². The highest BCUT2D eigenvalue weighted by Gasteiger charge is 2.29. The Labute approximate surface area is 93.7 Å². The summed E-state index contributed by atoms with van der Waals surface area (Å²) in [5.41, 5.74) is 0.980. The molecule has 0 N–H and O–H groups in total. The molecular weight excluding hydrogens is 208 g/mol. The Morgan fingerprint density at radius 2 is 2.31 bits per heavy atom. The van der Waals surface area contributed by atoms with Crippen LogP contribution in [0.15, 0.2) is 24.3 Å². The average Bonchev–Trinajstić information content (AvgIpc) is 2.59. The van der Waals surface area contributed by atoms with Crippen LogP contribution < -0.4 is 0 Å². The Morgan fingerprint density at radius 3 is 2.88 bits per heavy atom. The lowest BCUT2D eigenvalue weighted by Crippen LogP contribution is -2.19. The molecule has 0 amide bonds. The van der Waals surface area contributed by atoms with E-state index in [4.69, 9.17) is 4.84 Å². The highest BCUT2D eigenvalue weighted by molar-refractivity contribution is 5.35. The number of hydrogen-bond acceptors (Lipinski definition) is 4. The number of nitro groups is 1. The van der Waals surface area contributed by atoms with Crippen molar-refractivity contribution < 1.29 is 9.76 Å². The van der Waals surface area contributed by atoms with Gasteiger partial charge in [0.2, 0.25) is 0 Å². The summed E-state index contributed by atoms with van der Waals surface area (Å²) in [6, 6.07) is 6.97. The smallest absolute Gasteiger partial charge is 0.269 e. The van der Waals surface area contributed by atoms with E-state index in [9.17, 15) is 10.1 Å². The molecule has 0 saturated carbocycles. The maximum absolute atomic E-state index is 10.7. The van der Waals surface area contributed by atoms with E-state index in [2.05, 4.69) is 6.92 Å². The molecule has 1 heterocycles. The molecule has 16 heavy (non-hydrogen) atoms. The van der Waals surface area contributed by atoms with Crippen molar-refractivity contribution in [2.24, 2.45) is 0 Å². The first kappa shape index (κ1) is 11.0. The van der Waals surface area contributed by atoms with Gasteiger partial charge in [0.05, 0.1) is 4.92 Å². The zero-order chi connectivity index (χ0) is 11.7. The van der Waals surface area contributed by atoms with Gasteiger partial charge in [-0.25, -0.2) is 0 Å². The summed E-state index contributed by atoms with van der Waals surface area (Å²) in [6.45, 7) is 2.07. The summed E-state index contributed by atoms with van der Waals surface area (Å²) >= 11 is 0. The van der Waals surface area contributed by atoms with Crippen LogP contribution in [0.5, 0.6) is 0 Å². The summed E-state index contributed by atoms with van der Waals surface area (Å²) in [6.07, 6.45) is 0.789. The third-order valence-corrected chi connectivity index (χ3v) is 2.92. The Kier molecular flexibility index (Phi) is 2.89. The molecule has 2 rings (SSSR count). The van der Waals surface area contributed by atoms with Crippen LogP contribution >= 0.6 is 0 Å². The Balaban J connectivity index is 2.21. The first-order valence-corrected chi connectivity index (χ1v) is 5.22. The van der Waals surface area contributed by atoms with Gasteiger partial charge >= 0.3 is 0 Å². The van der Waals surface area contributed by atoms with Crippen LogP contribution in [0.3, 0.4) is 0 Å². The first-order chi connectivity index (χ1) is 7.58. The Morgan fingerprint density at radius 1 is 1.56 bits per heavy atom. The van der Waals surface area contributed by atoms with Crippen molar-refractivity contribution in [3.63, 3.8) is 0 Å². The minimum Gasteiger partial charge on any atom is -0.291 e. The molecule has 1 aromatic carbocycles. The molecule has 1 aliphatic rings. The number of hydroxylamine groups is 2. The zero-order valence-electron chi connectivity index (χ0n) is 9.29. The summed E-state index contributed by atoms with van der Waals surface area (Å²) in [5.74, 6) is 0. The molecule has 0 aromatic heterocycles. The summed E-state index contributed by atoms with van der Waals surface area (Å²) < 4.78 is 0. The molecule has 1 aromatic rings. The van der Waals surface area contributed by atoms with E-state index >= 15 is 0 Å². The quantitative estimate of drug-likeness (QED) is 0.569. The van der Waals surface area contributed by atoms with E-state index in [1.165, 1.54) is 6.07 Å². The van der Waals surface area contributed by atoms with Crippen molar-refractivity contribution in [1.82, 2.24) is 5.06 Å². The first-order valence-electron chi connectivity index (χ1n) is 5.22. The van der Waals surface area contributed by atoms with Crippen LogP contribution in [0.2, 0.25) is 0 Å². The largest absolute Gasteiger partial charge is 0.291 e. The summed E-state index contributed by atoms with van der Waals surface area (Å²) in [4.78, 5) is 15.9. The lowest BCUT2D eigenvalue weighted by Gasteiger charge is -2.13. The van der Waals surface area contributed by atoms with Gasteiger partial charge in [0.1, 0.15) is 6.10 Å². The summed E-state index contributed by atoms with van der Waals surface area (Å²) in [5, 5.41) is 12.4. The van der Waals surface area contributed by atoms with Crippen LogP contribution in [0.4, 0.5) is 5.69 Å². The number of hydrogen-bond donors (Lipinski definition) is 0. The van der Waals surface area contributed by atoms with Crippen molar-refractivity contribution in [2.75, 3.05) is 7.05 Å². The molecule has 1 aliphatic heterocycles. The monoisotopic (exact) mass is 222 g/mol. The number of nitrogens with zero attached hydrogens (tertiary/aromatic N) is 2. The molecule has 86 valence electrons. The second-order valence-corrected chi connectivity index (χ2v) is 4.08. The van der Waals surface area contributed by atoms with Crippen molar-refractivity contribution in [1.29, 1.82) is 0 Å². The van der Waals surface area contributed by atoms with Crippen LogP contribution in [0.25, 0.3) is 0 Å². The van der Waals surface area contributed by atoms with E-state index in [-0.39, 0.29) is 16.7 Å². The van der Waals surface area contributed by atoms with Gasteiger partial charge < -0.3 is 0 Å². The molecule has 2 atom stereocenters. The molecule has 0 spiro atoms. The van der Waals surface area contributed by atoms with Gasteiger partial charge in [0.25, 0.3) is 5.69 Å². The molecule has 0 aliphatic carbocycles. The maximum atomic E-state index is 10.7. The van der Waals surface area contributed by atoms with Crippen LogP contribution in [-0.2, 0) is 4.84 Å². The van der Waals surface area contributed by atoms with Crippen molar-refractivity contribution >= 4 is 5.69 Å². The highest BCUT2D eigenvalue weighted by Crippen LogP contribution is 2.33. The number of non-ortho nitro benzene ring substituents is 1. The fourth-order valence-electron chi connectivity index (χ4n) is 1.84. The standard InChI is InChI=1S/C11H14N2O3/c1-8-6-11(16-12(8)2)9-4-3-5-10(7-9)13(14)15/h3-5,7-8,11H,6H2,1-2H3/t8-,11+/m1/s1. The van der Waals surface area contributed by atoms with Gasteiger partial charge in [0.15, 0.2) is 0 Å². The van der Waals surface area contributed by atoms with E-state index in [1.54, 1.807) is 17.2 Å². The van der Waals surface area contributed by atoms with Crippen molar-refractivity contribution in [3.05, 3.63) is 39.9 Å². The van der Waals surface area contributed by atoms with Gasteiger partial charge in [-0.15, -0.1) is 0 Å². The third kappa shape index (κ3) is 2.05. The minimum absolute atomic E-state index is 0.0695. The predicted molar refractivity (Wildman–Crippen MR) is 58.8 cm³/mol.